The SMILES string of the molecule is O=C=C1[CH]CCC(c2ccncc2)C1. The second kappa shape index (κ2) is 4.21. The Balaban J connectivity index is 2.16. The fourth-order valence-electron chi connectivity index (χ4n) is 1.91. The van der Waals surface area contributed by atoms with Gasteiger partial charge in [-0.2, -0.15) is 0 Å². The van der Waals surface area contributed by atoms with Crippen molar-refractivity contribution in [2.45, 2.75) is 25.2 Å². The molecule has 1 unspecified atom stereocenters. The second-order valence-corrected chi connectivity index (χ2v) is 3.59. The molecule has 0 aromatic carbocycles. The molecule has 0 N–H and O–H groups in total. The summed E-state index contributed by atoms with van der Waals surface area (Å²) in [5.74, 6) is 2.47. The second-order valence-electron chi connectivity index (χ2n) is 3.59. The third kappa shape index (κ3) is 1.91. The molecular formula is C12H12NO. The van der Waals surface area contributed by atoms with Gasteiger partial charge < -0.3 is 0 Å². The summed E-state index contributed by atoms with van der Waals surface area (Å²) in [5.41, 5.74) is 2.10. The summed E-state index contributed by atoms with van der Waals surface area (Å²) in [7, 11) is 0. The Morgan fingerprint density at radius 1 is 1.36 bits per heavy atom. The van der Waals surface area contributed by atoms with Gasteiger partial charge >= 0.3 is 0 Å². The summed E-state index contributed by atoms with van der Waals surface area (Å²) in [4.78, 5) is 14.5. The predicted octanol–water partition coefficient (Wildman–Crippen LogP) is 2.31. The summed E-state index contributed by atoms with van der Waals surface area (Å²) in [6.45, 7) is 0. The van der Waals surface area contributed by atoms with Gasteiger partial charge in [-0.3, -0.25) is 4.98 Å². The van der Waals surface area contributed by atoms with Crippen molar-refractivity contribution in [3.63, 3.8) is 0 Å². The average Bonchev–Trinajstić information content (AvgIpc) is 2.30. The maximum atomic E-state index is 10.5. The van der Waals surface area contributed by atoms with E-state index in [1.54, 1.807) is 12.4 Å². The lowest BCUT2D eigenvalue weighted by Gasteiger charge is -2.22. The number of aromatic nitrogens is 1. The van der Waals surface area contributed by atoms with Crippen LogP contribution in [0, 0.1) is 6.42 Å². The minimum Gasteiger partial charge on any atom is -0.265 e. The van der Waals surface area contributed by atoms with Crippen LogP contribution in [0.5, 0.6) is 0 Å². The summed E-state index contributed by atoms with van der Waals surface area (Å²) >= 11 is 0. The van der Waals surface area contributed by atoms with E-state index in [1.807, 2.05) is 24.5 Å². The van der Waals surface area contributed by atoms with Crippen LogP contribution in [0.25, 0.3) is 0 Å². The van der Waals surface area contributed by atoms with E-state index in [0.717, 1.165) is 24.8 Å². The quantitative estimate of drug-likeness (QED) is 0.630. The van der Waals surface area contributed by atoms with E-state index in [2.05, 4.69) is 4.98 Å². The fourth-order valence-corrected chi connectivity index (χ4v) is 1.91. The molecule has 2 nitrogen and oxygen atoms in total. The van der Waals surface area contributed by atoms with Gasteiger partial charge in [-0.25, -0.2) is 4.79 Å². The Labute approximate surface area is 83.7 Å². The molecule has 0 aliphatic heterocycles. The molecule has 1 atom stereocenters. The maximum Gasteiger partial charge on any atom is 0.123 e. The molecule has 14 heavy (non-hydrogen) atoms. The van der Waals surface area contributed by atoms with Gasteiger partial charge in [0, 0.05) is 18.0 Å². The highest BCUT2D eigenvalue weighted by atomic mass is 16.1. The van der Waals surface area contributed by atoms with Crippen molar-refractivity contribution in [3.05, 3.63) is 42.1 Å². The van der Waals surface area contributed by atoms with Gasteiger partial charge in [0.25, 0.3) is 0 Å². The Morgan fingerprint density at radius 2 is 2.14 bits per heavy atom. The highest BCUT2D eigenvalue weighted by Crippen LogP contribution is 2.33. The molecule has 0 amide bonds. The van der Waals surface area contributed by atoms with Crippen LogP contribution in [-0.2, 0) is 4.79 Å². The van der Waals surface area contributed by atoms with Crippen molar-refractivity contribution >= 4 is 5.94 Å². The Hall–Kier alpha value is -1.40. The van der Waals surface area contributed by atoms with Crippen LogP contribution in [0.4, 0.5) is 0 Å². The van der Waals surface area contributed by atoms with Gasteiger partial charge in [0.15, 0.2) is 0 Å². The summed E-state index contributed by atoms with van der Waals surface area (Å²) < 4.78 is 0. The van der Waals surface area contributed by atoms with Crippen LogP contribution in [0.1, 0.15) is 30.7 Å². The van der Waals surface area contributed by atoms with E-state index < -0.39 is 0 Å². The molecule has 1 aromatic heterocycles. The van der Waals surface area contributed by atoms with Gasteiger partial charge in [-0.15, -0.1) is 0 Å². The first-order chi connectivity index (χ1) is 6.90. The summed E-state index contributed by atoms with van der Waals surface area (Å²) in [5, 5.41) is 0. The number of nitrogens with zero attached hydrogens (tertiary/aromatic N) is 1. The minimum absolute atomic E-state index is 0.472. The van der Waals surface area contributed by atoms with Gasteiger partial charge in [0.1, 0.15) is 5.94 Å². The molecule has 1 aliphatic rings. The van der Waals surface area contributed by atoms with Gasteiger partial charge in [0.05, 0.1) is 0 Å². The van der Waals surface area contributed by atoms with E-state index in [-0.39, 0.29) is 0 Å². The molecule has 1 heterocycles. The van der Waals surface area contributed by atoms with Gasteiger partial charge in [0.2, 0.25) is 0 Å². The molecular weight excluding hydrogens is 174 g/mol. The van der Waals surface area contributed by atoms with Crippen LogP contribution < -0.4 is 0 Å². The van der Waals surface area contributed by atoms with Crippen LogP contribution in [0.15, 0.2) is 30.1 Å². The predicted molar refractivity (Wildman–Crippen MR) is 54.3 cm³/mol. The molecule has 1 aliphatic carbocycles. The number of hydrogen-bond donors (Lipinski definition) is 0. The number of rotatable bonds is 1. The number of carbonyl (C=O) groups excluding carboxylic acids is 1. The van der Waals surface area contributed by atoms with E-state index in [1.165, 1.54) is 5.56 Å². The normalized spacial score (nSPS) is 21.7. The third-order valence-corrected chi connectivity index (χ3v) is 2.68. The highest BCUT2D eigenvalue weighted by molar-refractivity contribution is 5.56. The van der Waals surface area contributed by atoms with Gasteiger partial charge in [-0.05, 0) is 49.3 Å². The molecule has 0 bridgehead atoms. The molecule has 1 saturated carbocycles. The van der Waals surface area contributed by atoms with Crippen LogP contribution in [-0.4, -0.2) is 10.9 Å². The van der Waals surface area contributed by atoms with E-state index in [9.17, 15) is 4.79 Å². The number of pyridine rings is 1. The Morgan fingerprint density at radius 3 is 2.86 bits per heavy atom. The zero-order chi connectivity index (χ0) is 9.80. The van der Waals surface area contributed by atoms with Gasteiger partial charge in [-0.1, -0.05) is 0 Å². The minimum atomic E-state index is 0.472. The monoisotopic (exact) mass is 186 g/mol. The van der Waals surface area contributed by atoms with Crippen LogP contribution >= 0.6 is 0 Å². The lowest BCUT2D eigenvalue weighted by atomic mass is 9.82. The lowest BCUT2D eigenvalue weighted by molar-refractivity contribution is 0.549. The molecule has 0 spiro atoms. The first-order valence-electron chi connectivity index (χ1n) is 4.87. The Kier molecular flexibility index (Phi) is 2.76. The largest absolute Gasteiger partial charge is 0.265 e. The number of allylic oxidation sites excluding steroid dienone is 1. The fraction of sp³-hybridized carbons (Fsp3) is 0.333. The molecule has 2 rings (SSSR count). The number of hydrogen-bond acceptors (Lipinski definition) is 2. The topological polar surface area (TPSA) is 30.0 Å². The van der Waals surface area contributed by atoms with E-state index in [0.29, 0.717) is 5.92 Å². The maximum absolute atomic E-state index is 10.5. The van der Waals surface area contributed by atoms with Crippen molar-refractivity contribution < 1.29 is 4.79 Å². The van der Waals surface area contributed by atoms with Crippen LogP contribution in [0.3, 0.4) is 0 Å². The molecule has 0 saturated heterocycles. The molecule has 2 heteroatoms. The summed E-state index contributed by atoms with van der Waals surface area (Å²) in [6.07, 6.45) is 8.53. The smallest absolute Gasteiger partial charge is 0.123 e. The van der Waals surface area contributed by atoms with Crippen molar-refractivity contribution in [1.29, 1.82) is 0 Å². The van der Waals surface area contributed by atoms with E-state index in [4.69, 9.17) is 0 Å². The van der Waals surface area contributed by atoms with Crippen molar-refractivity contribution in [3.8, 4) is 0 Å². The molecule has 1 radical (unpaired) electrons. The third-order valence-electron chi connectivity index (χ3n) is 2.68. The summed E-state index contributed by atoms with van der Waals surface area (Å²) in [6, 6.07) is 4.05. The lowest BCUT2D eigenvalue weighted by Crippen LogP contribution is -2.07. The molecule has 1 fully saturated rings. The average molecular weight is 186 g/mol. The zero-order valence-corrected chi connectivity index (χ0v) is 7.94. The van der Waals surface area contributed by atoms with Crippen LogP contribution in [0.2, 0.25) is 0 Å². The first-order valence-corrected chi connectivity index (χ1v) is 4.87. The first kappa shape index (κ1) is 9.17. The van der Waals surface area contributed by atoms with Crippen molar-refractivity contribution in [1.82, 2.24) is 4.98 Å². The Bertz CT molecular complexity index is 352. The molecule has 1 aromatic rings. The molecule has 71 valence electrons. The van der Waals surface area contributed by atoms with Crippen molar-refractivity contribution in [2.75, 3.05) is 0 Å². The zero-order valence-electron chi connectivity index (χ0n) is 7.94. The highest BCUT2D eigenvalue weighted by Gasteiger charge is 2.19. The van der Waals surface area contributed by atoms with E-state index >= 15 is 0 Å². The standard InChI is InChI=1S/C12H12NO/c14-9-10-2-1-3-12(8-10)11-4-6-13-7-5-11/h2,4-7,12H,1,3,8H2. The van der Waals surface area contributed by atoms with Crippen molar-refractivity contribution in [2.24, 2.45) is 0 Å².